The summed E-state index contributed by atoms with van der Waals surface area (Å²) >= 11 is 5.34. The predicted octanol–water partition coefficient (Wildman–Crippen LogP) is 4.86. The number of anilines is 1. The molecule has 3 rings (SSSR count). The van der Waals surface area contributed by atoms with E-state index in [0.717, 1.165) is 16.6 Å². The molecule has 0 amide bonds. The normalized spacial score (nSPS) is 21.3. The van der Waals surface area contributed by atoms with Gasteiger partial charge in [-0.15, -0.1) is 10.2 Å². The summed E-state index contributed by atoms with van der Waals surface area (Å²) < 4.78 is 1.23. The van der Waals surface area contributed by atoms with E-state index in [0.29, 0.717) is 17.9 Å². The summed E-state index contributed by atoms with van der Waals surface area (Å²) in [4.78, 5) is 0. The van der Waals surface area contributed by atoms with Crippen molar-refractivity contribution in [3.05, 3.63) is 39.3 Å². The van der Waals surface area contributed by atoms with Gasteiger partial charge in [0.2, 0.25) is 5.13 Å². The molecule has 1 heterocycles. The van der Waals surface area contributed by atoms with E-state index in [2.05, 4.69) is 69.6 Å². The molecule has 0 atom stereocenters. The number of hydrogen-bond donors (Lipinski definition) is 1. The van der Waals surface area contributed by atoms with E-state index in [4.69, 9.17) is 0 Å². The molecule has 1 N–H and O–H groups in total. The fourth-order valence-corrected chi connectivity index (χ4v) is 4.35. The number of benzene rings is 1. The Morgan fingerprint density at radius 2 is 2.05 bits per heavy atom. The van der Waals surface area contributed by atoms with Crippen LogP contribution in [0.4, 0.5) is 5.13 Å². The number of nitrogens with zero attached hydrogens (tertiary/aromatic N) is 2. The molecule has 1 aliphatic carbocycles. The van der Waals surface area contributed by atoms with Gasteiger partial charge in [0.05, 0.1) is 0 Å². The van der Waals surface area contributed by atoms with Crippen molar-refractivity contribution < 1.29 is 0 Å². The van der Waals surface area contributed by atoms with E-state index < -0.39 is 0 Å². The van der Waals surface area contributed by atoms with Crippen molar-refractivity contribution in [1.29, 1.82) is 0 Å². The number of hydrogen-bond acceptors (Lipinski definition) is 4. The summed E-state index contributed by atoms with van der Waals surface area (Å²) in [5.41, 5.74) is 1.42. The molecule has 0 unspecified atom stereocenters. The molecule has 1 aromatic carbocycles. The first-order chi connectivity index (χ1) is 10.1. The first-order valence-electron chi connectivity index (χ1n) is 7.45. The van der Waals surface area contributed by atoms with Gasteiger partial charge in [0, 0.05) is 16.9 Å². The molecule has 3 nitrogen and oxygen atoms in total. The van der Waals surface area contributed by atoms with Gasteiger partial charge < -0.3 is 5.32 Å². The first-order valence-corrected chi connectivity index (χ1v) is 9.06. The van der Waals surface area contributed by atoms with Gasteiger partial charge in [-0.1, -0.05) is 59.3 Å². The van der Waals surface area contributed by atoms with E-state index in [-0.39, 0.29) is 0 Å². The molecule has 0 bridgehead atoms. The minimum atomic E-state index is 0.530. The van der Waals surface area contributed by atoms with Crippen LogP contribution in [0.15, 0.2) is 28.7 Å². The smallest absolute Gasteiger partial charge is 0.205 e. The highest BCUT2D eigenvalue weighted by Gasteiger charge is 2.31. The standard InChI is InChI=1S/C16H20BrN3S/c1-10(2)7-15-19-20-16(21-15)18-12-8-11(9-12)13-5-3-4-6-14(13)17/h3-6,10-12H,7-9H2,1-2H3,(H,18,20). The van der Waals surface area contributed by atoms with Crippen LogP contribution in [0.3, 0.4) is 0 Å². The van der Waals surface area contributed by atoms with Gasteiger partial charge in [0.25, 0.3) is 0 Å². The fraction of sp³-hybridized carbons (Fsp3) is 0.500. The largest absolute Gasteiger partial charge is 0.357 e. The van der Waals surface area contributed by atoms with Crippen LogP contribution >= 0.6 is 27.3 Å². The van der Waals surface area contributed by atoms with Crippen molar-refractivity contribution in [1.82, 2.24) is 10.2 Å². The van der Waals surface area contributed by atoms with E-state index >= 15 is 0 Å². The SMILES string of the molecule is CC(C)Cc1nnc(NC2CC(c3ccccc3Br)C2)s1. The number of aromatic nitrogens is 2. The summed E-state index contributed by atoms with van der Waals surface area (Å²) in [6.45, 7) is 4.42. The van der Waals surface area contributed by atoms with Gasteiger partial charge in [0.1, 0.15) is 5.01 Å². The minimum Gasteiger partial charge on any atom is -0.357 e. The lowest BCUT2D eigenvalue weighted by molar-refractivity contribution is 0.373. The third-order valence-corrected chi connectivity index (χ3v) is 5.46. The third kappa shape index (κ3) is 3.64. The second-order valence-electron chi connectivity index (χ2n) is 6.13. The summed E-state index contributed by atoms with van der Waals surface area (Å²) in [5, 5.41) is 14.1. The van der Waals surface area contributed by atoms with E-state index in [1.807, 2.05) is 0 Å². The zero-order valence-corrected chi connectivity index (χ0v) is 14.7. The maximum absolute atomic E-state index is 4.26. The Labute approximate surface area is 138 Å². The Balaban J connectivity index is 1.53. The molecule has 1 aromatic heterocycles. The van der Waals surface area contributed by atoms with Gasteiger partial charge in [0.15, 0.2) is 0 Å². The van der Waals surface area contributed by atoms with E-state index in [1.54, 1.807) is 11.3 Å². The zero-order chi connectivity index (χ0) is 14.8. The highest BCUT2D eigenvalue weighted by molar-refractivity contribution is 9.10. The Hall–Kier alpha value is -0.940. The molecule has 5 heteroatoms. The topological polar surface area (TPSA) is 37.8 Å². The lowest BCUT2D eigenvalue weighted by Crippen LogP contribution is -2.34. The molecule has 0 aliphatic heterocycles. The Kier molecular flexibility index (Phi) is 4.60. The van der Waals surface area contributed by atoms with Crippen LogP contribution in [-0.4, -0.2) is 16.2 Å². The Bertz CT molecular complexity index is 605. The maximum Gasteiger partial charge on any atom is 0.205 e. The molecule has 1 aliphatic rings. The Morgan fingerprint density at radius 1 is 1.29 bits per heavy atom. The van der Waals surface area contributed by atoms with Crippen molar-refractivity contribution in [3.63, 3.8) is 0 Å². The zero-order valence-electron chi connectivity index (χ0n) is 12.3. The van der Waals surface area contributed by atoms with Crippen LogP contribution in [-0.2, 0) is 6.42 Å². The van der Waals surface area contributed by atoms with E-state index in [1.165, 1.54) is 22.9 Å². The molecule has 1 saturated carbocycles. The molecule has 1 fully saturated rings. The quantitative estimate of drug-likeness (QED) is 0.821. The molecular formula is C16H20BrN3S. The van der Waals surface area contributed by atoms with Gasteiger partial charge in [-0.25, -0.2) is 0 Å². The highest BCUT2D eigenvalue weighted by atomic mass is 79.9. The van der Waals surface area contributed by atoms with Gasteiger partial charge in [-0.05, 0) is 36.3 Å². The fourth-order valence-electron chi connectivity index (χ4n) is 2.71. The monoisotopic (exact) mass is 365 g/mol. The van der Waals surface area contributed by atoms with Crippen LogP contribution in [0.2, 0.25) is 0 Å². The number of nitrogens with one attached hydrogen (secondary N) is 1. The molecule has 21 heavy (non-hydrogen) atoms. The molecule has 0 saturated heterocycles. The van der Waals surface area contributed by atoms with Crippen LogP contribution < -0.4 is 5.32 Å². The van der Waals surface area contributed by atoms with Crippen LogP contribution in [0.1, 0.15) is 43.2 Å². The lowest BCUT2D eigenvalue weighted by Gasteiger charge is -2.36. The summed E-state index contributed by atoms with van der Waals surface area (Å²) in [6, 6.07) is 9.06. The Morgan fingerprint density at radius 3 is 2.76 bits per heavy atom. The summed E-state index contributed by atoms with van der Waals surface area (Å²) in [6.07, 6.45) is 3.35. The van der Waals surface area contributed by atoms with Gasteiger partial charge in [-0.3, -0.25) is 0 Å². The predicted molar refractivity (Wildman–Crippen MR) is 92.0 cm³/mol. The average molecular weight is 366 g/mol. The minimum absolute atomic E-state index is 0.530. The average Bonchev–Trinajstić information content (AvgIpc) is 2.81. The van der Waals surface area contributed by atoms with E-state index in [9.17, 15) is 0 Å². The maximum atomic E-state index is 4.26. The van der Waals surface area contributed by atoms with Crippen LogP contribution in [0.25, 0.3) is 0 Å². The molecular weight excluding hydrogens is 346 g/mol. The highest BCUT2D eigenvalue weighted by Crippen LogP contribution is 2.41. The first kappa shape index (κ1) is 15.0. The van der Waals surface area contributed by atoms with Crippen LogP contribution in [0, 0.1) is 5.92 Å². The summed E-state index contributed by atoms with van der Waals surface area (Å²) in [7, 11) is 0. The molecule has 0 radical (unpaired) electrons. The second kappa shape index (κ2) is 6.44. The van der Waals surface area contributed by atoms with Crippen molar-refractivity contribution in [2.24, 2.45) is 5.92 Å². The van der Waals surface area contributed by atoms with Crippen molar-refractivity contribution in [2.45, 2.75) is 45.1 Å². The molecule has 2 aromatic rings. The third-order valence-electron chi connectivity index (χ3n) is 3.86. The van der Waals surface area contributed by atoms with Gasteiger partial charge in [-0.2, -0.15) is 0 Å². The van der Waals surface area contributed by atoms with Crippen LogP contribution in [0.5, 0.6) is 0 Å². The summed E-state index contributed by atoms with van der Waals surface area (Å²) in [5.74, 6) is 1.29. The molecule has 112 valence electrons. The lowest BCUT2D eigenvalue weighted by atomic mass is 9.76. The second-order valence-corrected chi connectivity index (χ2v) is 8.05. The van der Waals surface area contributed by atoms with Crippen molar-refractivity contribution >= 4 is 32.4 Å². The van der Waals surface area contributed by atoms with Crippen molar-refractivity contribution in [3.8, 4) is 0 Å². The molecule has 0 spiro atoms. The van der Waals surface area contributed by atoms with Gasteiger partial charge >= 0.3 is 0 Å². The number of halogens is 1. The van der Waals surface area contributed by atoms with Crippen molar-refractivity contribution in [2.75, 3.05) is 5.32 Å². The number of rotatable bonds is 5.